The van der Waals surface area contributed by atoms with E-state index in [2.05, 4.69) is 21.2 Å². The van der Waals surface area contributed by atoms with Crippen LogP contribution in [-0.4, -0.2) is 34.3 Å². The predicted molar refractivity (Wildman–Crippen MR) is 102 cm³/mol. The van der Waals surface area contributed by atoms with Gasteiger partial charge in [0.15, 0.2) is 23.0 Å². The van der Waals surface area contributed by atoms with E-state index >= 15 is 0 Å². The lowest BCUT2D eigenvalue weighted by Gasteiger charge is -2.28. The van der Waals surface area contributed by atoms with Crippen molar-refractivity contribution in [2.75, 3.05) is 33.8 Å². The Labute approximate surface area is 160 Å². The van der Waals surface area contributed by atoms with Gasteiger partial charge in [0.05, 0.1) is 32.9 Å². The zero-order valence-corrected chi connectivity index (χ0v) is 16.6. The van der Waals surface area contributed by atoms with Gasteiger partial charge in [0.2, 0.25) is 5.91 Å². The number of rotatable bonds is 5. The number of hydrogen-bond acceptors (Lipinski definition) is 5. The van der Waals surface area contributed by atoms with E-state index in [0.717, 1.165) is 21.3 Å². The molecule has 0 saturated carbocycles. The minimum absolute atomic E-state index is 0.0550. The van der Waals surface area contributed by atoms with Crippen molar-refractivity contribution in [2.24, 2.45) is 0 Å². The van der Waals surface area contributed by atoms with E-state index in [4.69, 9.17) is 18.9 Å². The fourth-order valence-corrected chi connectivity index (χ4v) is 3.85. The van der Waals surface area contributed by atoms with Crippen molar-refractivity contribution in [1.29, 1.82) is 0 Å². The molecule has 2 aromatic rings. The Morgan fingerprint density at radius 1 is 0.923 bits per heavy atom. The summed E-state index contributed by atoms with van der Waals surface area (Å²) in [5.74, 6) is 2.21. The Morgan fingerprint density at radius 2 is 1.58 bits per heavy atom. The number of amides is 1. The van der Waals surface area contributed by atoms with Crippen LogP contribution < -0.4 is 24.3 Å². The van der Waals surface area contributed by atoms with Crippen LogP contribution in [0.2, 0.25) is 0 Å². The average Bonchev–Trinajstić information content (AvgIpc) is 2.65. The largest absolute Gasteiger partial charge is 0.493 e. The second-order valence-electron chi connectivity index (χ2n) is 5.84. The topological polar surface area (TPSA) is 66.0 Å². The molecule has 1 amide bonds. The first kappa shape index (κ1) is 18.4. The molecule has 1 atom stereocenters. The number of hydrogen-bond donors (Lipinski definition) is 1. The molecule has 2 aromatic carbocycles. The Kier molecular flexibility index (Phi) is 5.27. The van der Waals surface area contributed by atoms with Crippen LogP contribution in [-0.2, 0) is 4.79 Å². The zero-order chi connectivity index (χ0) is 18.8. The summed E-state index contributed by atoms with van der Waals surface area (Å²) in [6, 6.07) is 7.54. The van der Waals surface area contributed by atoms with E-state index in [-0.39, 0.29) is 11.8 Å². The van der Waals surface area contributed by atoms with Gasteiger partial charge in [-0.05, 0) is 45.3 Å². The summed E-state index contributed by atoms with van der Waals surface area (Å²) in [6.45, 7) is 0. The third-order valence-electron chi connectivity index (χ3n) is 4.45. The number of halogens is 1. The van der Waals surface area contributed by atoms with Gasteiger partial charge in [-0.15, -0.1) is 0 Å². The van der Waals surface area contributed by atoms with Gasteiger partial charge in [-0.3, -0.25) is 4.79 Å². The fourth-order valence-electron chi connectivity index (χ4n) is 3.22. The molecule has 26 heavy (non-hydrogen) atoms. The van der Waals surface area contributed by atoms with Crippen molar-refractivity contribution in [1.82, 2.24) is 0 Å². The third kappa shape index (κ3) is 3.19. The maximum absolute atomic E-state index is 12.3. The van der Waals surface area contributed by atoms with Crippen LogP contribution in [0, 0.1) is 0 Å². The standard InChI is InChI=1S/C19H20BrNO5/c1-23-15-7-12-11(8-18(22)21-14(12)9-16(15)24-2)10-5-13(20)19(26-4)17(6-10)25-3/h5-7,9,11H,8H2,1-4H3,(H,21,22)/t11-/m1/s1. The SMILES string of the molecule is COc1cc2c(cc1OC)[C@@H](c1cc(Br)c(OC)c(OC)c1)CC(=O)N2. The van der Waals surface area contributed by atoms with Crippen molar-refractivity contribution in [2.45, 2.75) is 12.3 Å². The molecule has 3 rings (SSSR count). The number of benzene rings is 2. The molecule has 0 radical (unpaired) electrons. The first-order valence-corrected chi connectivity index (χ1v) is 8.78. The third-order valence-corrected chi connectivity index (χ3v) is 5.04. The highest BCUT2D eigenvalue weighted by Crippen LogP contribution is 2.46. The van der Waals surface area contributed by atoms with Crippen molar-refractivity contribution in [3.05, 3.63) is 39.9 Å². The quantitative estimate of drug-likeness (QED) is 0.791. The minimum Gasteiger partial charge on any atom is -0.493 e. The van der Waals surface area contributed by atoms with Gasteiger partial charge in [0.25, 0.3) is 0 Å². The van der Waals surface area contributed by atoms with Crippen molar-refractivity contribution in [3.8, 4) is 23.0 Å². The van der Waals surface area contributed by atoms with E-state index in [0.29, 0.717) is 29.4 Å². The second kappa shape index (κ2) is 7.45. The van der Waals surface area contributed by atoms with Gasteiger partial charge in [0, 0.05) is 24.1 Å². The highest BCUT2D eigenvalue weighted by atomic mass is 79.9. The molecule has 7 heteroatoms. The Balaban J connectivity index is 2.16. The van der Waals surface area contributed by atoms with E-state index in [9.17, 15) is 4.79 Å². The van der Waals surface area contributed by atoms with Crippen LogP contribution in [0.1, 0.15) is 23.5 Å². The maximum Gasteiger partial charge on any atom is 0.225 e. The van der Waals surface area contributed by atoms with Gasteiger partial charge < -0.3 is 24.3 Å². The number of carbonyl (C=O) groups is 1. The Hall–Kier alpha value is -2.41. The normalized spacial score (nSPS) is 15.7. The maximum atomic E-state index is 12.3. The van der Waals surface area contributed by atoms with Gasteiger partial charge in [0.1, 0.15) is 0 Å². The molecule has 0 bridgehead atoms. The molecular formula is C19H20BrNO5. The van der Waals surface area contributed by atoms with E-state index in [1.54, 1.807) is 34.5 Å². The van der Waals surface area contributed by atoms with Crippen LogP contribution in [0.3, 0.4) is 0 Å². The molecule has 0 aliphatic carbocycles. The zero-order valence-electron chi connectivity index (χ0n) is 15.0. The molecule has 6 nitrogen and oxygen atoms in total. The van der Waals surface area contributed by atoms with E-state index in [1.165, 1.54) is 0 Å². The first-order chi connectivity index (χ1) is 12.5. The van der Waals surface area contributed by atoms with Crippen LogP contribution in [0.5, 0.6) is 23.0 Å². The summed E-state index contributed by atoms with van der Waals surface area (Å²) in [5, 5.41) is 2.91. The molecule has 0 aromatic heterocycles. The highest BCUT2D eigenvalue weighted by molar-refractivity contribution is 9.10. The van der Waals surface area contributed by atoms with E-state index in [1.807, 2.05) is 18.2 Å². The summed E-state index contributed by atoms with van der Waals surface area (Å²) in [6.07, 6.45) is 0.324. The number of carbonyl (C=O) groups excluding carboxylic acids is 1. The smallest absolute Gasteiger partial charge is 0.225 e. The van der Waals surface area contributed by atoms with Crippen LogP contribution in [0.25, 0.3) is 0 Å². The number of anilines is 1. The lowest BCUT2D eigenvalue weighted by molar-refractivity contribution is -0.116. The molecule has 1 aliphatic rings. The van der Waals surface area contributed by atoms with Crippen molar-refractivity contribution in [3.63, 3.8) is 0 Å². The Bertz CT molecular complexity index is 852. The minimum atomic E-state index is -0.144. The summed E-state index contributed by atoms with van der Waals surface area (Å²) in [4.78, 5) is 12.3. The average molecular weight is 422 g/mol. The van der Waals surface area contributed by atoms with Crippen molar-refractivity contribution >= 4 is 27.5 Å². The Morgan fingerprint density at radius 3 is 2.19 bits per heavy atom. The molecule has 0 fully saturated rings. The van der Waals surface area contributed by atoms with Gasteiger partial charge >= 0.3 is 0 Å². The summed E-state index contributed by atoms with van der Waals surface area (Å²) >= 11 is 3.52. The lowest BCUT2D eigenvalue weighted by atomic mass is 9.84. The highest BCUT2D eigenvalue weighted by Gasteiger charge is 2.29. The molecule has 1 N–H and O–H groups in total. The molecule has 138 valence electrons. The summed E-state index contributed by atoms with van der Waals surface area (Å²) < 4.78 is 22.4. The van der Waals surface area contributed by atoms with Crippen LogP contribution in [0.4, 0.5) is 5.69 Å². The van der Waals surface area contributed by atoms with Crippen LogP contribution in [0.15, 0.2) is 28.7 Å². The molecule has 0 saturated heterocycles. The van der Waals surface area contributed by atoms with Gasteiger partial charge in [-0.1, -0.05) is 0 Å². The number of fused-ring (bicyclic) bond motifs is 1. The number of nitrogens with one attached hydrogen (secondary N) is 1. The van der Waals surface area contributed by atoms with Crippen LogP contribution >= 0.6 is 15.9 Å². The van der Waals surface area contributed by atoms with Gasteiger partial charge in [-0.25, -0.2) is 0 Å². The molecular weight excluding hydrogens is 402 g/mol. The number of methoxy groups -OCH3 is 4. The number of ether oxygens (including phenoxy) is 4. The summed E-state index contributed by atoms with van der Waals surface area (Å²) in [7, 11) is 6.33. The molecule has 0 spiro atoms. The first-order valence-electron chi connectivity index (χ1n) is 7.99. The molecule has 1 heterocycles. The predicted octanol–water partition coefficient (Wildman–Crippen LogP) is 3.96. The van der Waals surface area contributed by atoms with Crippen molar-refractivity contribution < 1.29 is 23.7 Å². The van der Waals surface area contributed by atoms with Gasteiger partial charge in [-0.2, -0.15) is 0 Å². The summed E-state index contributed by atoms with van der Waals surface area (Å²) in [5.41, 5.74) is 2.62. The molecule has 1 aliphatic heterocycles. The monoisotopic (exact) mass is 421 g/mol. The lowest BCUT2D eigenvalue weighted by Crippen LogP contribution is -2.23. The second-order valence-corrected chi connectivity index (χ2v) is 6.69. The fraction of sp³-hybridized carbons (Fsp3) is 0.316. The van der Waals surface area contributed by atoms with E-state index < -0.39 is 0 Å². The molecule has 0 unspecified atom stereocenters.